The Kier molecular flexibility index (Phi) is 7.99. The second kappa shape index (κ2) is 12.2. The van der Waals surface area contributed by atoms with Crippen LogP contribution in [-0.2, 0) is 6.61 Å². The molecule has 0 fully saturated rings. The van der Waals surface area contributed by atoms with Crippen LogP contribution in [0.15, 0.2) is 107 Å². The van der Waals surface area contributed by atoms with Gasteiger partial charge in [0.25, 0.3) is 5.56 Å². The minimum absolute atomic E-state index is 0.206. The fraction of sp³-hybridized carbons (Fsp3) is 0.184. The highest BCUT2D eigenvalue weighted by atomic mass is 16.5. The first-order chi connectivity index (χ1) is 21.3. The zero-order valence-corrected chi connectivity index (χ0v) is 25.7. The molecule has 0 atom stereocenters. The van der Waals surface area contributed by atoms with Gasteiger partial charge in [-0.15, -0.1) is 0 Å². The van der Waals surface area contributed by atoms with Gasteiger partial charge in [-0.2, -0.15) is 9.78 Å². The van der Waals surface area contributed by atoms with Crippen molar-refractivity contribution in [2.24, 2.45) is 5.10 Å². The number of nitrogens with zero attached hydrogens (tertiary/aromatic N) is 3. The Labute approximate surface area is 257 Å². The van der Waals surface area contributed by atoms with E-state index in [0.29, 0.717) is 29.1 Å². The van der Waals surface area contributed by atoms with Crippen LogP contribution in [0.4, 0.5) is 0 Å². The zero-order chi connectivity index (χ0) is 30.8. The van der Waals surface area contributed by atoms with Crippen LogP contribution >= 0.6 is 0 Å². The molecule has 0 amide bonds. The van der Waals surface area contributed by atoms with Crippen LogP contribution in [0.25, 0.3) is 33.1 Å². The molecule has 1 heterocycles. The van der Waals surface area contributed by atoms with E-state index in [9.17, 15) is 4.79 Å². The maximum atomic E-state index is 14.0. The van der Waals surface area contributed by atoms with Gasteiger partial charge in [0.05, 0.1) is 24.2 Å². The van der Waals surface area contributed by atoms with E-state index in [4.69, 9.17) is 19.6 Å². The van der Waals surface area contributed by atoms with Crippen molar-refractivity contribution in [3.63, 3.8) is 0 Å². The molecular formula is C38H35N3O3. The quantitative estimate of drug-likeness (QED) is 0.169. The number of methoxy groups -OCH3 is 1. The summed E-state index contributed by atoms with van der Waals surface area (Å²) in [4.78, 5) is 19.0. The maximum absolute atomic E-state index is 14.0. The van der Waals surface area contributed by atoms with E-state index in [1.165, 1.54) is 10.2 Å². The van der Waals surface area contributed by atoms with E-state index in [-0.39, 0.29) is 11.5 Å². The van der Waals surface area contributed by atoms with Crippen LogP contribution in [0.3, 0.4) is 0 Å². The third kappa shape index (κ3) is 5.59. The lowest BCUT2D eigenvalue weighted by Gasteiger charge is -2.17. The molecule has 0 aliphatic carbocycles. The molecule has 5 aromatic carbocycles. The zero-order valence-electron chi connectivity index (χ0n) is 25.7. The first-order valence-electron chi connectivity index (χ1n) is 14.8. The van der Waals surface area contributed by atoms with Crippen molar-refractivity contribution >= 4 is 27.9 Å². The maximum Gasteiger partial charge on any atom is 0.282 e. The lowest BCUT2D eigenvalue weighted by molar-refractivity contribution is 0.306. The van der Waals surface area contributed by atoms with E-state index in [2.05, 4.69) is 51.1 Å². The Morgan fingerprint density at radius 1 is 0.864 bits per heavy atom. The first-order valence-corrected chi connectivity index (χ1v) is 14.8. The van der Waals surface area contributed by atoms with Gasteiger partial charge in [0.1, 0.15) is 18.1 Å². The van der Waals surface area contributed by atoms with Crippen LogP contribution in [0.1, 0.15) is 47.6 Å². The molecule has 0 saturated heterocycles. The van der Waals surface area contributed by atoms with Crippen molar-refractivity contribution in [3.05, 3.63) is 135 Å². The molecule has 6 rings (SSSR count). The summed E-state index contributed by atoms with van der Waals surface area (Å²) in [5.41, 5.74) is 6.21. The summed E-state index contributed by atoms with van der Waals surface area (Å²) >= 11 is 0. The summed E-state index contributed by atoms with van der Waals surface area (Å²) in [5.74, 6) is 2.16. The van der Waals surface area contributed by atoms with Gasteiger partial charge in [-0.3, -0.25) is 4.79 Å². The van der Waals surface area contributed by atoms with Crippen molar-refractivity contribution in [1.29, 1.82) is 0 Å². The van der Waals surface area contributed by atoms with Gasteiger partial charge in [0, 0.05) is 11.1 Å². The molecule has 6 nitrogen and oxygen atoms in total. The predicted molar refractivity (Wildman–Crippen MR) is 179 cm³/mol. The van der Waals surface area contributed by atoms with Crippen molar-refractivity contribution in [3.8, 4) is 22.9 Å². The minimum atomic E-state index is -0.245. The number of benzene rings is 5. The van der Waals surface area contributed by atoms with Crippen molar-refractivity contribution in [1.82, 2.24) is 9.66 Å². The van der Waals surface area contributed by atoms with Gasteiger partial charge >= 0.3 is 0 Å². The van der Waals surface area contributed by atoms with Crippen LogP contribution in [0.5, 0.6) is 11.5 Å². The first kappa shape index (κ1) is 28.9. The molecule has 0 aliphatic rings. The van der Waals surface area contributed by atoms with E-state index >= 15 is 0 Å². The van der Waals surface area contributed by atoms with E-state index < -0.39 is 0 Å². The Morgan fingerprint density at radius 2 is 1.64 bits per heavy atom. The molecule has 1 aromatic heterocycles. The molecule has 0 aliphatic heterocycles. The molecule has 0 unspecified atom stereocenters. The van der Waals surface area contributed by atoms with Crippen LogP contribution < -0.4 is 15.0 Å². The number of para-hydroxylation sites is 1. The molecule has 0 N–H and O–H groups in total. The number of aromatic nitrogens is 2. The lowest BCUT2D eigenvalue weighted by Crippen LogP contribution is -2.21. The number of aryl methyl sites for hydroxylation is 2. The second-order valence-electron chi connectivity index (χ2n) is 11.4. The van der Waals surface area contributed by atoms with Gasteiger partial charge in [-0.1, -0.05) is 86.1 Å². The Bertz CT molecular complexity index is 2090. The van der Waals surface area contributed by atoms with E-state index in [0.717, 1.165) is 44.3 Å². The van der Waals surface area contributed by atoms with Gasteiger partial charge in [0.2, 0.25) is 0 Å². The normalized spacial score (nSPS) is 11.6. The molecule has 0 radical (unpaired) electrons. The lowest BCUT2D eigenvalue weighted by atomic mass is 9.96. The van der Waals surface area contributed by atoms with E-state index in [1.54, 1.807) is 19.4 Å². The van der Waals surface area contributed by atoms with Gasteiger partial charge in [0.15, 0.2) is 5.82 Å². The van der Waals surface area contributed by atoms with Gasteiger partial charge in [-0.25, -0.2) is 4.98 Å². The third-order valence-electron chi connectivity index (χ3n) is 7.90. The van der Waals surface area contributed by atoms with Crippen LogP contribution in [0, 0.1) is 13.8 Å². The van der Waals surface area contributed by atoms with Crippen molar-refractivity contribution in [2.75, 3.05) is 7.11 Å². The highest BCUT2D eigenvalue weighted by Crippen LogP contribution is 2.34. The number of hydrogen-bond acceptors (Lipinski definition) is 5. The molecule has 6 heteroatoms. The van der Waals surface area contributed by atoms with Crippen molar-refractivity contribution < 1.29 is 9.47 Å². The van der Waals surface area contributed by atoms with Crippen LogP contribution in [0.2, 0.25) is 0 Å². The standard InChI is InChI=1S/C38H35N3O3/c1-24(2)31-21-32(26(4)20-36(31)43-5)37-40-34-16-9-8-15-30(34)38(42)41(37)39-22-33-29-14-7-6-13-28(29)17-18-35(33)44-23-27-12-10-11-25(3)19-27/h6-22,24H,23H2,1-5H3. The largest absolute Gasteiger partial charge is 0.496 e. The third-order valence-corrected chi connectivity index (χ3v) is 7.90. The Morgan fingerprint density at radius 3 is 2.41 bits per heavy atom. The summed E-state index contributed by atoms with van der Waals surface area (Å²) in [6, 6.07) is 31.8. The smallest absolute Gasteiger partial charge is 0.282 e. The summed E-state index contributed by atoms with van der Waals surface area (Å²) in [7, 11) is 1.68. The molecule has 44 heavy (non-hydrogen) atoms. The van der Waals surface area contributed by atoms with E-state index in [1.807, 2.05) is 67.6 Å². The topological polar surface area (TPSA) is 65.7 Å². The highest BCUT2D eigenvalue weighted by molar-refractivity contribution is 6.02. The number of rotatable bonds is 8. The predicted octanol–water partition coefficient (Wildman–Crippen LogP) is 8.43. The molecule has 220 valence electrons. The molecule has 0 saturated carbocycles. The Hall–Kier alpha value is -5.23. The number of ether oxygens (including phenoxy) is 2. The van der Waals surface area contributed by atoms with Crippen LogP contribution in [-0.4, -0.2) is 23.0 Å². The fourth-order valence-corrected chi connectivity index (χ4v) is 5.59. The highest BCUT2D eigenvalue weighted by Gasteiger charge is 2.19. The average molecular weight is 582 g/mol. The molecular weight excluding hydrogens is 546 g/mol. The summed E-state index contributed by atoms with van der Waals surface area (Å²) in [6.45, 7) is 8.72. The van der Waals surface area contributed by atoms with Gasteiger partial charge < -0.3 is 9.47 Å². The van der Waals surface area contributed by atoms with Crippen molar-refractivity contribution in [2.45, 2.75) is 40.2 Å². The number of fused-ring (bicyclic) bond motifs is 2. The average Bonchev–Trinajstić information content (AvgIpc) is 3.03. The SMILES string of the molecule is COc1cc(C)c(-c2nc3ccccc3c(=O)n2N=Cc2c(OCc3cccc(C)c3)ccc3ccccc23)cc1C(C)C. The molecule has 0 bridgehead atoms. The second-order valence-corrected chi connectivity index (χ2v) is 11.4. The summed E-state index contributed by atoms with van der Waals surface area (Å²) in [5, 5.41) is 7.37. The van der Waals surface area contributed by atoms with Gasteiger partial charge in [-0.05, 0) is 77.6 Å². The monoisotopic (exact) mass is 581 g/mol. The minimum Gasteiger partial charge on any atom is -0.496 e. The summed E-state index contributed by atoms with van der Waals surface area (Å²) < 4.78 is 13.5. The fourth-order valence-electron chi connectivity index (χ4n) is 5.59. The molecule has 0 spiro atoms. The Balaban J connectivity index is 1.54. The molecule has 6 aromatic rings. The summed E-state index contributed by atoms with van der Waals surface area (Å²) in [6.07, 6.45) is 1.72. The number of hydrogen-bond donors (Lipinski definition) is 0.